The SMILES string of the molecule is COc1ccc(CCNC(=O)CCc2nc(-c3cccc(Cl)c3)no2)cc1OC. The second-order valence-corrected chi connectivity index (χ2v) is 6.75. The van der Waals surface area contributed by atoms with Crippen molar-refractivity contribution in [2.45, 2.75) is 19.3 Å². The maximum atomic E-state index is 12.1. The zero-order valence-electron chi connectivity index (χ0n) is 16.3. The molecule has 29 heavy (non-hydrogen) atoms. The number of nitrogens with one attached hydrogen (secondary N) is 1. The van der Waals surface area contributed by atoms with Gasteiger partial charge in [-0.05, 0) is 36.2 Å². The van der Waals surface area contributed by atoms with E-state index in [0.29, 0.717) is 47.6 Å². The highest BCUT2D eigenvalue weighted by atomic mass is 35.5. The number of rotatable bonds is 9. The van der Waals surface area contributed by atoms with Gasteiger partial charge in [0.15, 0.2) is 11.5 Å². The van der Waals surface area contributed by atoms with Crippen molar-refractivity contribution in [3.8, 4) is 22.9 Å². The minimum Gasteiger partial charge on any atom is -0.493 e. The average Bonchev–Trinajstić information content (AvgIpc) is 3.21. The van der Waals surface area contributed by atoms with E-state index < -0.39 is 0 Å². The molecule has 0 fully saturated rings. The summed E-state index contributed by atoms with van der Waals surface area (Å²) >= 11 is 5.98. The van der Waals surface area contributed by atoms with Gasteiger partial charge in [-0.1, -0.05) is 35.0 Å². The van der Waals surface area contributed by atoms with Gasteiger partial charge < -0.3 is 19.3 Å². The molecule has 3 aromatic rings. The van der Waals surface area contributed by atoms with Crippen molar-refractivity contribution in [2.24, 2.45) is 0 Å². The number of amides is 1. The molecule has 0 radical (unpaired) electrons. The lowest BCUT2D eigenvalue weighted by atomic mass is 10.1. The van der Waals surface area contributed by atoms with Gasteiger partial charge in [0.25, 0.3) is 0 Å². The number of carbonyl (C=O) groups is 1. The van der Waals surface area contributed by atoms with Crippen molar-refractivity contribution in [1.82, 2.24) is 15.5 Å². The lowest BCUT2D eigenvalue weighted by molar-refractivity contribution is -0.121. The number of aryl methyl sites for hydroxylation is 1. The van der Waals surface area contributed by atoms with Crippen LogP contribution in [0.1, 0.15) is 17.9 Å². The Morgan fingerprint density at radius 1 is 1.10 bits per heavy atom. The number of nitrogens with zero attached hydrogens (tertiary/aromatic N) is 2. The second-order valence-electron chi connectivity index (χ2n) is 6.31. The number of hydrogen-bond donors (Lipinski definition) is 1. The monoisotopic (exact) mass is 415 g/mol. The van der Waals surface area contributed by atoms with Crippen LogP contribution in [0.3, 0.4) is 0 Å². The Balaban J connectivity index is 1.45. The molecule has 152 valence electrons. The Kier molecular flexibility index (Phi) is 7.08. The molecule has 8 heteroatoms. The summed E-state index contributed by atoms with van der Waals surface area (Å²) in [5.41, 5.74) is 1.82. The lowest BCUT2D eigenvalue weighted by Crippen LogP contribution is -2.25. The van der Waals surface area contributed by atoms with E-state index in [1.54, 1.807) is 26.4 Å². The molecule has 1 aromatic heterocycles. The molecule has 2 aromatic carbocycles. The zero-order chi connectivity index (χ0) is 20.6. The molecule has 7 nitrogen and oxygen atoms in total. The predicted octanol–water partition coefficient (Wildman–Crippen LogP) is 3.70. The fraction of sp³-hybridized carbons (Fsp3) is 0.286. The standard InChI is InChI=1S/C21H22ClN3O4/c1-27-17-7-6-14(12-18(17)28-2)10-11-23-19(26)8-9-20-24-21(25-29-20)15-4-3-5-16(22)13-15/h3-7,12-13H,8-11H2,1-2H3,(H,23,26). The molecule has 0 aliphatic rings. The Morgan fingerprint density at radius 2 is 1.93 bits per heavy atom. The summed E-state index contributed by atoms with van der Waals surface area (Å²) in [4.78, 5) is 16.4. The minimum atomic E-state index is -0.0759. The van der Waals surface area contributed by atoms with Crippen molar-refractivity contribution < 1.29 is 18.8 Å². The highest BCUT2D eigenvalue weighted by Crippen LogP contribution is 2.27. The van der Waals surface area contributed by atoms with Crippen LogP contribution in [0, 0.1) is 0 Å². The molecule has 0 atom stereocenters. The molecule has 0 aliphatic carbocycles. The predicted molar refractivity (Wildman–Crippen MR) is 109 cm³/mol. The largest absolute Gasteiger partial charge is 0.493 e. The van der Waals surface area contributed by atoms with Crippen LogP contribution in [0.4, 0.5) is 0 Å². The number of benzene rings is 2. The molecular formula is C21H22ClN3O4. The second kappa shape index (κ2) is 9.93. The summed E-state index contributed by atoms with van der Waals surface area (Å²) in [6.45, 7) is 0.520. The van der Waals surface area contributed by atoms with Crippen molar-refractivity contribution in [2.75, 3.05) is 20.8 Å². The summed E-state index contributed by atoms with van der Waals surface area (Å²) in [7, 11) is 3.19. The van der Waals surface area contributed by atoms with Crippen LogP contribution < -0.4 is 14.8 Å². The number of carbonyl (C=O) groups excluding carboxylic acids is 1. The minimum absolute atomic E-state index is 0.0759. The molecule has 1 heterocycles. The van der Waals surface area contributed by atoms with E-state index >= 15 is 0 Å². The normalized spacial score (nSPS) is 10.6. The van der Waals surface area contributed by atoms with Crippen LogP contribution in [0.15, 0.2) is 47.0 Å². The first-order valence-electron chi connectivity index (χ1n) is 9.15. The van der Waals surface area contributed by atoms with Gasteiger partial charge in [-0.15, -0.1) is 0 Å². The van der Waals surface area contributed by atoms with Gasteiger partial charge in [0, 0.05) is 30.0 Å². The quantitative estimate of drug-likeness (QED) is 0.573. The fourth-order valence-corrected chi connectivity index (χ4v) is 2.98. The molecule has 0 spiro atoms. The van der Waals surface area contributed by atoms with Crippen molar-refractivity contribution in [1.29, 1.82) is 0 Å². The van der Waals surface area contributed by atoms with Crippen LogP contribution in [0.2, 0.25) is 5.02 Å². The van der Waals surface area contributed by atoms with Crippen LogP contribution in [0.5, 0.6) is 11.5 Å². The van der Waals surface area contributed by atoms with Crippen LogP contribution in [-0.2, 0) is 17.6 Å². The van der Waals surface area contributed by atoms with Crippen LogP contribution >= 0.6 is 11.6 Å². The van der Waals surface area contributed by atoms with E-state index in [1.807, 2.05) is 30.3 Å². The van der Waals surface area contributed by atoms with Gasteiger partial charge >= 0.3 is 0 Å². The number of hydrogen-bond acceptors (Lipinski definition) is 6. The summed E-state index contributed by atoms with van der Waals surface area (Å²) < 4.78 is 15.7. The van der Waals surface area contributed by atoms with Crippen molar-refractivity contribution in [3.05, 3.63) is 58.9 Å². The van der Waals surface area contributed by atoms with Gasteiger partial charge in [-0.2, -0.15) is 4.98 Å². The van der Waals surface area contributed by atoms with E-state index in [1.165, 1.54) is 0 Å². The third-order valence-electron chi connectivity index (χ3n) is 4.30. The van der Waals surface area contributed by atoms with Crippen molar-refractivity contribution in [3.63, 3.8) is 0 Å². The highest BCUT2D eigenvalue weighted by Gasteiger charge is 2.11. The average molecular weight is 416 g/mol. The van der Waals surface area contributed by atoms with E-state index in [9.17, 15) is 4.79 Å². The van der Waals surface area contributed by atoms with Crippen LogP contribution in [0.25, 0.3) is 11.4 Å². The molecule has 3 rings (SSSR count). The van der Waals surface area contributed by atoms with Crippen molar-refractivity contribution >= 4 is 17.5 Å². The highest BCUT2D eigenvalue weighted by molar-refractivity contribution is 6.30. The van der Waals surface area contributed by atoms with Gasteiger partial charge in [-0.3, -0.25) is 4.79 Å². The fourth-order valence-electron chi connectivity index (χ4n) is 2.79. The van der Waals surface area contributed by atoms with E-state index in [0.717, 1.165) is 11.1 Å². The summed E-state index contributed by atoms with van der Waals surface area (Å²) in [6.07, 6.45) is 1.32. The topological polar surface area (TPSA) is 86.5 Å². The number of methoxy groups -OCH3 is 2. The van der Waals surface area contributed by atoms with Crippen LogP contribution in [-0.4, -0.2) is 36.8 Å². The zero-order valence-corrected chi connectivity index (χ0v) is 17.0. The number of halogens is 1. The maximum Gasteiger partial charge on any atom is 0.227 e. The first kappa shape index (κ1) is 20.7. The molecular weight excluding hydrogens is 394 g/mol. The van der Waals surface area contributed by atoms with E-state index in [-0.39, 0.29) is 12.3 Å². The van der Waals surface area contributed by atoms with Gasteiger partial charge in [0.1, 0.15) is 0 Å². The maximum absolute atomic E-state index is 12.1. The number of aromatic nitrogens is 2. The number of ether oxygens (including phenoxy) is 2. The van der Waals surface area contributed by atoms with E-state index in [2.05, 4.69) is 15.5 Å². The molecule has 0 saturated carbocycles. The first-order valence-corrected chi connectivity index (χ1v) is 9.53. The molecule has 0 unspecified atom stereocenters. The smallest absolute Gasteiger partial charge is 0.227 e. The summed E-state index contributed by atoms with van der Waals surface area (Å²) in [5, 5.41) is 7.43. The third-order valence-corrected chi connectivity index (χ3v) is 4.54. The lowest BCUT2D eigenvalue weighted by Gasteiger charge is -2.10. The van der Waals surface area contributed by atoms with Gasteiger partial charge in [0.05, 0.1) is 14.2 Å². The van der Waals surface area contributed by atoms with Gasteiger partial charge in [0.2, 0.25) is 17.6 Å². The van der Waals surface area contributed by atoms with Gasteiger partial charge in [-0.25, -0.2) is 0 Å². The Bertz CT molecular complexity index is 974. The van der Waals surface area contributed by atoms with E-state index in [4.69, 9.17) is 25.6 Å². The summed E-state index contributed by atoms with van der Waals surface area (Å²) in [6, 6.07) is 12.9. The Labute approximate surface area is 174 Å². The molecule has 0 bridgehead atoms. The molecule has 0 aliphatic heterocycles. The molecule has 1 N–H and O–H groups in total. The Hall–Kier alpha value is -3.06. The summed E-state index contributed by atoms with van der Waals surface area (Å²) in [5.74, 6) is 2.14. The third kappa shape index (κ3) is 5.71. The Morgan fingerprint density at radius 3 is 2.69 bits per heavy atom. The molecule has 1 amide bonds. The first-order chi connectivity index (χ1) is 14.1. The molecule has 0 saturated heterocycles.